The maximum absolute atomic E-state index is 12.5. The number of ether oxygens (including phenoxy) is 2. The number of hydrogen-bond donors (Lipinski definition) is 0. The fraction of sp³-hybridized carbons (Fsp3) is 0.182. The SMILES string of the molecule is COc1cccc(CN(C)C(=O)COC(=O)c2sccc2-c2ccccc2)c1. The summed E-state index contributed by atoms with van der Waals surface area (Å²) in [4.78, 5) is 26.8. The van der Waals surface area contributed by atoms with Crippen LogP contribution in [-0.4, -0.2) is 37.5 Å². The molecule has 0 aliphatic carbocycles. The molecule has 6 heteroatoms. The Morgan fingerprint density at radius 3 is 2.57 bits per heavy atom. The summed E-state index contributed by atoms with van der Waals surface area (Å²) in [6.07, 6.45) is 0. The van der Waals surface area contributed by atoms with E-state index in [9.17, 15) is 9.59 Å². The van der Waals surface area contributed by atoms with Crippen molar-refractivity contribution in [2.24, 2.45) is 0 Å². The molecular formula is C22H21NO4S. The van der Waals surface area contributed by atoms with Gasteiger partial charge in [-0.2, -0.15) is 0 Å². The standard InChI is InChI=1S/C22H21NO4S/c1-23(14-16-7-6-10-18(13-16)26-2)20(24)15-27-22(25)21-19(11-12-28-21)17-8-4-3-5-9-17/h3-13H,14-15H2,1-2H3. The highest BCUT2D eigenvalue weighted by molar-refractivity contribution is 7.12. The number of carbonyl (C=O) groups is 2. The lowest BCUT2D eigenvalue weighted by atomic mass is 10.1. The van der Waals surface area contributed by atoms with Gasteiger partial charge < -0.3 is 14.4 Å². The molecule has 1 aromatic heterocycles. The maximum atomic E-state index is 12.5. The van der Waals surface area contributed by atoms with Gasteiger partial charge in [-0.1, -0.05) is 42.5 Å². The van der Waals surface area contributed by atoms with Gasteiger partial charge in [-0.05, 0) is 34.7 Å². The van der Waals surface area contributed by atoms with Crippen molar-refractivity contribution < 1.29 is 19.1 Å². The molecular weight excluding hydrogens is 374 g/mol. The molecule has 0 radical (unpaired) electrons. The number of amides is 1. The number of hydrogen-bond acceptors (Lipinski definition) is 5. The van der Waals surface area contributed by atoms with Crippen LogP contribution in [0.5, 0.6) is 5.75 Å². The Morgan fingerprint density at radius 2 is 1.82 bits per heavy atom. The third-order valence-corrected chi connectivity index (χ3v) is 5.14. The summed E-state index contributed by atoms with van der Waals surface area (Å²) < 4.78 is 10.5. The third-order valence-electron chi connectivity index (χ3n) is 4.24. The van der Waals surface area contributed by atoms with Gasteiger partial charge in [0, 0.05) is 19.2 Å². The zero-order chi connectivity index (χ0) is 19.9. The van der Waals surface area contributed by atoms with Gasteiger partial charge in [0.1, 0.15) is 10.6 Å². The van der Waals surface area contributed by atoms with Crippen LogP contribution in [0.1, 0.15) is 15.2 Å². The molecule has 1 heterocycles. The van der Waals surface area contributed by atoms with Crippen molar-refractivity contribution >= 4 is 23.2 Å². The first-order valence-corrected chi connectivity index (χ1v) is 9.63. The lowest BCUT2D eigenvalue weighted by molar-refractivity contribution is -0.133. The van der Waals surface area contributed by atoms with E-state index in [1.54, 1.807) is 14.2 Å². The van der Waals surface area contributed by atoms with Gasteiger partial charge in [0.15, 0.2) is 6.61 Å². The first-order chi connectivity index (χ1) is 13.6. The molecule has 5 nitrogen and oxygen atoms in total. The number of methoxy groups -OCH3 is 1. The summed E-state index contributed by atoms with van der Waals surface area (Å²) in [5, 5.41) is 1.84. The number of rotatable bonds is 7. The van der Waals surface area contributed by atoms with Crippen LogP contribution in [0.15, 0.2) is 66.0 Å². The minimum atomic E-state index is -0.489. The Hall–Kier alpha value is -3.12. The molecule has 3 rings (SSSR count). The minimum absolute atomic E-state index is 0.269. The molecule has 0 fully saturated rings. The van der Waals surface area contributed by atoms with E-state index >= 15 is 0 Å². The van der Waals surface area contributed by atoms with Crippen LogP contribution in [0, 0.1) is 0 Å². The van der Waals surface area contributed by atoms with Crippen LogP contribution < -0.4 is 4.74 Å². The molecule has 0 aliphatic heterocycles. The normalized spacial score (nSPS) is 10.4. The summed E-state index contributed by atoms with van der Waals surface area (Å²) in [5.74, 6) is -0.0260. The Kier molecular flexibility index (Phi) is 6.45. The molecule has 0 aliphatic rings. The lowest BCUT2D eigenvalue weighted by Crippen LogP contribution is -2.30. The van der Waals surface area contributed by atoms with E-state index in [1.807, 2.05) is 66.0 Å². The monoisotopic (exact) mass is 395 g/mol. The highest BCUT2D eigenvalue weighted by atomic mass is 32.1. The Balaban J connectivity index is 1.59. The van der Waals surface area contributed by atoms with Crippen LogP contribution in [0.2, 0.25) is 0 Å². The van der Waals surface area contributed by atoms with E-state index in [2.05, 4.69) is 0 Å². The van der Waals surface area contributed by atoms with Crippen LogP contribution >= 0.6 is 11.3 Å². The Morgan fingerprint density at radius 1 is 1.04 bits per heavy atom. The topological polar surface area (TPSA) is 55.8 Å². The zero-order valence-corrected chi connectivity index (χ0v) is 16.6. The van der Waals surface area contributed by atoms with E-state index in [1.165, 1.54) is 16.2 Å². The van der Waals surface area contributed by atoms with Crippen LogP contribution in [0.4, 0.5) is 0 Å². The fourth-order valence-corrected chi connectivity index (χ4v) is 3.56. The summed E-state index contributed by atoms with van der Waals surface area (Å²) in [6, 6.07) is 19.0. The van der Waals surface area contributed by atoms with Crippen molar-refractivity contribution in [2.75, 3.05) is 20.8 Å². The van der Waals surface area contributed by atoms with Crippen LogP contribution in [0.3, 0.4) is 0 Å². The molecule has 0 atom stereocenters. The van der Waals surface area contributed by atoms with Crippen LogP contribution in [0.25, 0.3) is 11.1 Å². The number of esters is 1. The molecule has 144 valence electrons. The van der Waals surface area contributed by atoms with E-state index in [0.717, 1.165) is 22.4 Å². The van der Waals surface area contributed by atoms with Gasteiger partial charge in [-0.15, -0.1) is 11.3 Å². The molecule has 1 amide bonds. The van der Waals surface area contributed by atoms with E-state index in [0.29, 0.717) is 11.4 Å². The fourth-order valence-electron chi connectivity index (χ4n) is 2.75. The van der Waals surface area contributed by atoms with Crippen molar-refractivity contribution in [1.29, 1.82) is 0 Å². The summed E-state index contributed by atoms with van der Waals surface area (Å²) >= 11 is 1.31. The number of carbonyl (C=O) groups excluding carboxylic acids is 2. The zero-order valence-electron chi connectivity index (χ0n) is 15.8. The van der Waals surface area contributed by atoms with Crippen molar-refractivity contribution in [3.63, 3.8) is 0 Å². The average Bonchev–Trinajstić information content (AvgIpc) is 3.22. The van der Waals surface area contributed by atoms with Crippen molar-refractivity contribution in [3.8, 4) is 16.9 Å². The second-order valence-corrected chi connectivity index (χ2v) is 7.12. The molecule has 0 unspecified atom stereocenters. The van der Waals surface area contributed by atoms with Gasteiger partial charge in [0.25, 0.3) is 5.91 Å². The molecule has 0 bridgehead atoms. The average molecular weight is 395 g/mol. The molecule has 3 aromatic rings. The molecule has 28 heavy (non-hydrogen) atoms. The van der Waals surface area contributed by atoms with Gasteiger partial charge in [0.2, 0.25) is 0 Å². The largest absolute Gasteiger partial charge is 0.497 e. The summed E-state index contributed by atoms with van der Waals surface area (Å²) in [6.45, 7) is 0.104. The number of thiophene rings is 1. The number of nitrogens with zero attached hydrogens (tertiary/aromatic N) is 1. The Labute approximate surface area is 168 Å². The minimum Gasteiger partial charge on any atom is -0.497 e. The first-order valence-electron chi connectivity index (χ1n) is 8.75. The predicted molar refractivity (Wildman–Crippen MR) is 110 cm³/mol. The molecule has 0 saturated heterocycles. The van der Waals surface area contributed by atoms with Crippen LogP contribution in [-0.2, 0) is 16.1 Å². The second-order valence-electron chi connectivity index (χ2n) is 6.21. The smallest absolute Gasteiger partial charge is 0.349 e. The first kappa shape index (κ1) is 19.6. The summed E-state index contributed by atoms with van der Waals surface area (Å²) in [7, 11) is 3.28. The molecule has 0 N–H and O–H groups in total. The molecule has 0 spiro atoms. The number of likely N-dealkylation sites (N-methyl/N-ethyl adjacent to an activating group) is 1. The van der Waals surface area contributed by atoms with Gasteiger partial charge in [-0.3, -0.25) is 4.79 Å². The van der Waals surface area contributed by atoms with Crippen molar-refractivity contribution in [1.82, 2.24) is 4.90 Å². The molecule has 0 saturated carbocycles. The lowest BCUT2D eigenvalue weighted by Gasteiger charge is -2.17. The number of benzene rings is 2. The van der Waals surface area contributed by atoms with Gasteiger partial charge >= 0.3 is 5.97 Å². The second kappa shape index (κ2) is 9.19. The van der Waals surface area contributed by atoms with E-state index < -0.39 is 5.97 Å². The Bertz CT molecular complexity index is 952. The maximum Gasteiger partial charge on any atom is 0.349 e. The molecule has 2 aromatic carbocycles. The van der Waals surface area contributed by atoms with E-state index in [4.69, 9.17) is 9.47 Å². The highest BCUT2D eigenvalue weighted by Crippen LogP contribution is 2.28. The summed E-state index contributed by atoms with van der Waals surface area (Å²) in [5.41, 5.74) is 2.69. The highest BCUT2D eigenvalue weighted by Gasteiger charge is 2.18. The third kappa shape index (κ3) is 4.78. The predicted octanol–water partition coefficient (Wildman–Crippen LogP) is 4.24. The quantitative estimate of drug-likeness (QED) is 0.562. The van der Waals surface area contributed by atoms with Gasteiger partial charge in [-0.25, -0.2) is 4.79 Å². The van der Waals surface area contributed by atoms with Crippen molar-refractivity contribution in [2.45, 2.75) is 6.54 Å². The van der Waals surface area contributed by atoms with E-state index in [-0.39, 0.29) is 12.5 Å². The van der Waals surface area contributed by atoms with Crippen molar-refractivity contribution in [3.05, 3.63) is 76.5 Å². The van der Waals surface area contributed by atoms with Gasteiger partial charge in [0.05, 0.1) is 7.11 Å².